The number of amides is 2. The molecule has 26 heavy (non-hydrogen) atoms. The summed E-state index contributed by atoms with van der Waals surface area (Å²) in [5.41, 5.74) is 0.994. The van der Waals surface area contributed by atoms with Gasteiger partial charge in [-0.05, 0) is 30.7 Å². The molecule has 2 amide bonds. The van der Waals surface area contributed by atoms with Gasteiger partial charge in [0.15, 0.2) is 6.61 Å². The van der Waals surface area contributed by atoms with Crippen LogP contribution in [0.5, 0.6) is 11.5 Å². The summed E-state index contributed by atoms with van der Waals surface area (Å²) < 4.78 is 10.9. The quantitative estimate of drug-likeness (QED) is 0.847. The number of piperazine rings is 1. The topological polar surface area (TPSA) is 59.1 Å². The first-order valence-electron chi connectivity index (χ1n) is 8.61. The second-order valence-corrected chi connectivity index (χ2v) is 6.10. The van der Waals surface area contributed by atoms with E-state index in [2.05, 4.69) is 0 Å². The van der Waals surface area contributed by atoms with Crippen LogP contribution in [0.25, 0.3) is 0 Å². The van der Waals surface area contributed by atoms with Crippen LogP contribution in [0.3, 0.4) is 0 Å². The van der Waals surface area contributed by atoms with E-state index in [1.807, 2.05) is 49.4 Å². The Morgan fingerprint density at radius 3 is 2.19 bits per heavy atom. The number of carbonyl (C=O) groups is 2. The lowest BCUT2D eigenvalue weighted by Gasteiger charge is -2.34. The molecule has 1 aliphatic rings. The monoisotopic (exact) mass is 354 g/mol. The smallest absolute Gasteiger partial charge is 0.415 e. The van der Waals surface area contributed by atoms with E-state index in [9.17, 15) is 9.59 Å². The van der Waals surface area contributed by atoms with Crippen molar-refractivity contribution in [3.63, 3.8) is 0 Å². The third-order valence-electron chi connectivity index (χ3n) is 4.28. The third-order valence-corrected chi connectivity index (χ3v) is 4.28. The second-order valence-electron chi connectivity index (χ2n) is 6.10. The maximum Gasteiger partial charge on any atom is 0.415 e. The second kappa shape index (κ2) is 8.38. The molecule has 0 atom stereocenters. The van der Waals surface area contributed by atoms with Gasteiger partial charge >= 0.3 is 6.09 Å². The molecule has 1 fully saturated rings. The molecule has 6 heteroatoms. The predicted molar refractivity (Wildman–Crippen MR) is 97.3 cm³/mol. The van der Waals surface area contributed by atoms with Crippen LogP contribution in [-0.4, -0.2) is 54.6 Å². The first-order valence-corrected chi connectivity index (χ1v) is 8.61. The average Bonchev–Trinajstić information content (AvgIpc) is 2.68. The maximum atomic E-state index is 12.3. The summed E-state index contributed by atoms with van der Waals surface area (Å²) in [4.78, 5) is 27.8. The van der Waals surface area contributed by atoms with Crippen molar-refractivity contribution in [2.45, 2.75) is 6.92 Å². The van der Waals surface area contributed by atoms with Crippen molar-refractivity contribution in [2.24, 2.45) is 0 Å². The van der Waals surface area contributed by atoms with Crippen molar-refractivity contribution in [1.29, 1.82) is 0 Å². The Labute approximate surface area is 152 Å². The summed E-state index contributed by atoms with van der Waals surface area (Å²) in [6.45, 7) is 3.78. The summed E-state index contributed by atoms with van der Waals surface area (Å²) >= 11 is 0. The molecule has 0 aliphatic carbocycles. The van der Waals surface area contributed by atoms with E-state index in [1.165, 1.54) is 0 Å². The van der Waals surface area contributed by atoms with Gasteiger partial charge in [-0.1, -0.05) is 36.4 Å². The molecular formula is C20H22N2O4. The summed E-state index contributed by atoms with van der Waals surface area (Å²) in [5.74, 6) is 1.15. The molecule has 1 heterocycles. The molecule has 0 bridgehead atoms. The van der Waals surface area contributed by atoms with Crippen LogP contribution < -0.4 is 9.47 Å². The van der Waals surface area contributed by atoms with Crippen LogP contribution in [0.15, 0.2) is 54.6 Å². The fourth-order valence-electron chi connectivity index (χ4n) is 2.74. The van der Waals surface area contributed by atoms with Crippen LogP contribution in [0.2, 0.25) is 0 Å². The van der Waals surface area contributed by atoms with E-state index in [0.29, 0.717) is 37.7 Å². The van der Waals surface area contributed by atoms with Gasteiger partial charge in [0.25, 0.3) is 5.91 Å². The zero-order valence-electron chi connectivity index (χ0n) is 14.8. The number of carbonyl (C=O) groups excluding carboxylic acids is 2. The Bertz CT molecular complexity index is 755. The fourth-order valence-corrected chi connectivity index (χ4v) is 2.74. The minimum atomic E-state index is -0.389. The molecule has 1 aliphatic heterocycles. The normalized spacial score (nSPS) is 14.0. The number of benzene rings is 2. The van der Waals surface area contributed by atoms with E-state index in [0.717, 1.165) is 5.56 Å². The van der Waals surface area contributed by atoms with Gasteiger partial charge in [0, 0.05) is 26.2 Å². The molecule has 1 saturated heterocycles. The summed E-state index contributed by atoms with van der Waals surface area (Å²) in [6.07, 6.45) is -0.389. The van der Waals surface area contributed by atoms with Crippen LogP contribution in [-0.2, 0) is 4.79 Å². The third kappa shape index (κ3) is 4.53. The number of hydrogen-bond donors (Lipinski definition) is 0. The van der Waals surface area contributed by atoms with E-state index < -0.39 is 0 Å². The van der Waals surface area contributed by atoms with Gasteiger partial charge in [-0.2, -0.15) is 0 Å². The Hall–Kier alpha value is -3.02. The molecule has 136 valence electrons. The summed E-state index contributed by atoms with van der Waals surface area (Å²) in [7, 11) is 0. The number of ether oxygens (including phenoxy) is 2. The zero-order chi connectivity index (χ0) is 18.4. The predicted octanol–water partition coefficient (Wildman–Crippen LogP) is 2.72. The van der Waals surface area contributed by atoms with Gasteiger partial charge in [-0.25, -0.2) is 4.79 Å². The van der Waals surface area contributed by atoms with Crippen molar-refractivity contribution >= 4 is 12.0 Å². The lowest BCUT2D eigenvalue weighted by molar-refractivity contribution is -0.134. The lowest BCUT2D eigenvalue weighted by Crippen LogP contribution is -2.52. The van der Waals surface area contributed by atoms with Crippen molar-refractivity contribution in [2.75, 3.05) is 32.8 Å². The zero-order valence-corrected chi connectivity index (χ0v) is 14.8. The molecule has 0 saturated carbocycles. The highest BCUT2D eigenvalue weighted by Gasteiger charge is 2.25. The van der Waals surface area contributed by atoms with Crippen LogP contribution in [0, 0.1) is 6.92 Å². The highest BCUT2D eigenvalue weighted by atomic mass is 16.6. The maximum absolute atomic E-state index is 12.3. The molecule has 2 aromatic carbocycles. The van der Waals surface area contributed by atoms with Gasteiger partial charge in [-0.15, -0.1) is 0 Å². The molecule has 0 spiro atoms. The molecule has 6 nitrogen and oxygen atoms in total. The number of hydrogen-bond acceptors (Lipinski definition) is 4. The SMILES string of the molecule is Cc1ccccc1OCC(=O)N1CCN(C(=O)Oc2ccccc2)CC1. The van der Waals surface area contributed by atoms with Crippen LogP contribution in [0.1, 0.15) is 5.56 Å². The molecule has 0 aromatic heterocycles. The Morgan fingerprint density at radius 2 is 1.50 bits per heavy atom. The molecular weight excluding hydrogens is 332 g/mol. The number of rotatable bonds is 4. The summed E-state index contributed by atoms with van der Waals surface area (Å²) in [6, 6.07) is 16.6. The fraction of sp³-hybridized carbons (Fsp3) is 0.300. The standard InChI is InChI=1S/C20H22N2O4/c1-16-7-5-6-10-18(16)25-15-19(23)21-11-13-22(14-12-21)20(24)26-17-8-3-2-4-9-17/h2-10H,11-15H2,1H3. The van der Waals surface area contributed by atoms with E-state index in [-0.39, 0.29) is 18.6 Å². The summed E-state index contributed by atoms with van der Waals surface area (Å²) in [5, 5.41) is 0. The molecule has 3 rings (SSSR count). The minimum absolute atomic E-state index is 0.000679. The number of nitrogens with zero attached hydrogens (tertiary/aromatic N) is 2. The van der Waals surface area contributed by atoms with Crippen LogP contribution >= 0.6 is 0 Å². The molecule has 0 radical (unpaired) electrons. The number of para-hydroxylation sites is 2. The number of aryl methyl sites for hydroxylation is 1. The Kier molecular flexibility index (Phi) is 5.73. The first-order chi connectivity index (χ1) is 12.6. The van der Waals surface area contributed by atoms with Gasteiger partial charge in [0.05, 0.1) is 0 Å². The van der Waals surface area contributed by atoms with E-state index >= 15 is 0 Å². The minimum Gasteiger partial charge on any atom is -0.484 e. The molecule has 2 aromatic rings. The van der Waals surface area contributed by atoms with Crippen molar-refractivity contribution in [1.82, 2.24) is 9.80 Å². The lowest BCUT2D eigenvalue weighted by atomic mass is 10.2. The van der Waals surface area contributed by atoms with E-state index in [1.54, 1.807) is 21.9 Å². The van der Waals surface area contributed by atoms with Gasteiger partial charge in [0.1, 0.15) is 11.5 Å². The van der Waals surface area contributed by atoms with Gasteiger partial charge in [0.2, 0.25) is 0 Å². The van der Waals surface area contributed by atoms with Crippen molar-refractivity contribution in [3.05, 3.63) is 60.2 Å². The van der Waals surface area contributed by atoms with Crippen molar-refractivity contribution in [3.8, 4) is 11.5 Å². The highest BCUT2D eigenvalue weighted by Crippen LogP contribution is 2.16. The largest absolute Gasteiger partial charge is 0.484 e. The Morgan fingerprint density at radius 1 is 0.885 bits per heavy atom. The van der Waals surface area contributed by atoms with Crippen molar-refractivity contribution < 1.29 is 19.1 Å². The molecule has 0 N–H and O–H groups in total. The Balaban J connectivity index is 1.45. The highest BCUT2D eigenvalue weighted by molar-refractivity contribution is 5.78. The average molecular weight is 354 g/mol. The van der Waals surface area contributed by atoms with Gasteiger partial charge in [-0.3, -0.25) is 4.79 Å². The molecule has 0 unspecified atom stereocenters. The van der Waals surface area contributed by atoms with E-state index in [4.69, 9.17) is 9.47 Å². The van der Waals surface area contributed by atoms with Crippen LogP contribution in [0.4, 0.5) is 4.79 Å². The first kappa shape index (κ1) is 17.8. The van der Waals surface area contributed by atoms with Gasteiger partial charge < -0.3 is 19.3 Å².